The fourth-order valence-corrected chi connectivity index (χ4v) is 4.47. The molecule has 4 heteroatoms. The Morgan fingerprint density at radius 1 is 0.789 bits per heavy atom. The molecule has 0 aromatic rings. The van der Waals surface area contributed by atoms with Crippen molar-refractivity contribution in [3.05, 3.63) is 0 Å². The van der Waals surface area contributed by atoms with Crippen molar-refractivity contribution in [2.75, 3.05) is 28.8 Å². The topological polar surface area (TPSA) is 0 Å². The van der Waals surface area contributed by atoms with Gasteiger partial charge in [-0.25, -0.2) is 0 Å². The molecule has 0 heterocycles. The van der Waals surface area contributed by atoms with Gasteiger partial charge in [-0.3, -0.25) is 0 Å². The molecule has 0 bridgehead atoms. The molecule has 0 saturated heterocycles. The first kappa shape index (κ1) is 20.4. The molecule has 0 rings (SSSR count). The van der Waals surface area contributed by atoms with Crippen LogP contribution in [0.5, 0.6) is 0 Å². The van der Waals surface area contributed by atoms with Crippen LogP contribution in [0.4, 0.5) is 0 Å². The summed E-state index contributed by atoms with van der Waals surface area (Å²) in [6.45, 7) is 2.27. The van der Waals surface area contributed by atoms with E-state index in [9.17, 15) is 0 Å². The molecule has 19 heavy (non-hydrogen) atoms. The van der Waals surface area contributed by atoms with Gasteiger partial charge in [0.2, 0.25) is 0 Å². The maximum Gasteiger partial charge on any atom is -0.00108 e. The van der Waals surface area contributed by atoms with E-state index >= 15 is 0 Å². The van der Waals surface area contributed by atoms with E-state index in [2.05, 4.69) is 56.6 Å². The molecular formula is C15H32S4. The maximum absolute atomic E-state index is 4.40. The lowest BCUT2D eigenvalue weighted by Crippen LogP contribution is -2.25. The van der Waals surface area contributed by atoms with Gasteiger partial charge in [0, 0.05) is 0 Å². The third kappa shape index (κ3) is 10.7. The molecule has 0 aliphatic rings. The number of thioether (sulfide) groups is 1. The summed E-state index contributed by atoms with van der Waals surface area (Å²) in [6.07, 6.45) is 10.4. The Hall–Kier alpha value is 1.40. The van der Waals surface area contributed by atoms with E-state index in [0.717, 1.165) is 17.3 Å². The van der Waals surface area contributed by atoms with Gasteiger partial charge in [0.15, 0.2) is 0 Å². The third-order valence-electron chi connectivity index (χ3n) is 3.65. The lowest BCUT2D eigenvalue weighted by atomic mass is 9.77. The number of thiol groups is 3. The Labute approximate surface area is 141 Å². The molecule has 0 unspecified atom stereocenters. The Morgan fingerprint density at radius 3 is 1.63 bits per heavy atom. The zero-order valence-electron chi connectivity index (χ0n) is 12.4. The van der Waals surface area contributed by atoms with Crippen LogP contribution in [0.1, 0.15) is 58.3 Å². The van der Waals surface area contributed by atoms with Gasteiger partial charge in [-0.15, -0.1) is 0 Å². The maximum atomic E-state index is 4.40. The Balaban J connectivity index is 4.38. The van der Waals surface area contributed by atoms with E-state index < -0.39 is 0 Å². The summed E-state index contributed by atoms with van der Waals surface area (Å²) < 4.78 is 0. The molecule has 0 aliphatic carbocycles. The summed E-state index contributed by atoms with van der Waals surface area (Å²) in [5.41, 5.74) is 0.520. The van der Waals surface area contributed by atoms with Crippen LogP contribution < -0.4 is 0 Å². The number of hydrogen-bond donors (Lipinski definition) is 3. The van der Waals surface area contributed by atoms with Gasteiger partial charge < -0.3 is 0 Å². The van der Waals surface area contributed by atoms with Gasteiger partial charge >= 0.3 is 0 Å². The summed E-state index contributed by atoms with van der Waals surface area (Å²) in [4.78, 5) is 0. The van der Waals surface area contributed by atoms with E-state index in [1.54, 1.807) is 0 Å². The Kier molecular flexibility index (Phi) is 15.4. The molecule has 0 amide bonds. The van der Waals surface area contributed by atoms with E-state index in [0.29, 0.717) is 5.41 Å². The predicted octanol–water partition coefficient (Wildman–Crippen LogP) is 5.64. The summed E-state index contributed by atoms with van der Waals surface area (Å²) in [7, 11) is 0. The Bertz CT molecular complexity index is 163. The normalized spacial score (nSPS) is 12.0. The van der Waals surface area contributed by atoms with Crippen molar-refractivity contribution in [1.82, 2.24) is 0 Å². The quantitative estimate of drug-likeness (QED) is 0.272. The van der Waals surface area contributed by atoms with Gasteiger partial charge in [0.1, 0.15) is 0 Å². The van der Waals surface area contributed by atoms with Crippen LogP contribution in [0.25, 0.3) is 0 Å². The number of rotatable bonds is 14. The summed E-state index contributed by atoms with van der Waals surface area (Å²) in [5.74, 6) is 5.69. The highest BCUT2D eigenvalue weighted by Gasteiger charge is 2.28. The highest BCUT2D eigenvalue weighted by Crippen LogP contribution is 2.39. The van der Waals surface area contributed by atoms with Gasteiger partial charge in [-0.05, 0) is 79.1 Å². The Morgan fingerprint density at radius 2 is 1.26 bits per heavy atom. The van der Waals surface area contributed by atoms with Crippen LogP contribution in [-0.4, -0.2) is 28.8 Å². The van der Waals surface area contributed by atoms with Crippen molar-refractivity contribution in [3.63, 3.8) is 0 Å². The smallest absolute Gasteiger partial charge is 0.00108 e. The zero-order valence-corrected chi connectivity index (χ0v) is 15.9. The third-order valence-corrected chi connectivity index (χ3v) is 5.99. The van der Waals surface area contributed by atoms with Crippen molar-refractivity contribution in [3.8, 4) is 0 Å². The summed E-state index contributed by atoms with van der Waals surface area (Å²) >= 11 is 15.4. The van der Waals surface area contributed by atoms with Crippen molar-refractivity contribution in [2.24, 2.45) is 5.41 Å². The average Bonchev–Trinajstić information content (AvgIpc) is 2.44. The number of hydrogen-bond acceptors (Lipinski definition) is 4. The summed E-state index contributed by atoms with van der Waals surface area (Å²) in [5, 5.41) is 0. The van der Waals surface area contributed by atoms with Gasteiger partial charge in [-0.2, -0.15) is 49.6 Å². The second-order valence-electron chi connectivity index (χ2n) is 5.39. The highest BCUT2D eigenvalue weighted by atomic mass is 32.2. The second kappa shape index (κ2) is 14.3. The number of unbranched alkanes of at least 4 members (excludes halogenated alkanes) is 1. The molecular weight excluding hydrogens is 308 g/mol. The van der Waals surface area contributed by atoms with Crippen molar-refractivity contribution >= 4 is 49.6 Å². The van der Waals surface area contributed by atoms with Gasteiger partial charge in [-0.1, -0.05) is 13.3 Å². The second-order valence-corrected chi connectivity index (χ2v) is 7.83. The molecule has 0 atom stereocenters. The average molecular weight is 341 g/mol. The first-order valence-electron chi connectivity index (χ1n) is 7.65. The van der Waals surface area contributed by atoms with E-state index in [1.165, 1.54) is 62.9 Å². The molecule has 0 radical (unpaired) electrons. The van der Waals surface area contributed by atoms with Crippen LogP contribution in [0, 0.1) is 5.41 Å². The van der Waals surface area contributed by atoms with Crippen LogP contribution in [0.2, 0.25) is 0 Å². The predicted molar refractivity (Wildman–Crippen MR) is 104 cm³/mol. The largest absolute Gasteiger partial charge is 0.179 e. The van der Waals surface area contributed by atoms with Crippen molar-refractivity contribution in [2.45, 2.75) is 58.3 Å². The fourth-order valence-electron chi connectivity index (χ4n) is 2.49. The van der Waals surface area contributed by atoms with Crippen LogP contribution in [0.15, 0.2) is 0 Å². The van der Waals surface area contributed by atoms with Gasteiger partial charge in [0.05, 0.1) is 0 Å². The van der Waals surface area contributed by atoms with Crippen molar-refractivity contribution < 1.29 is 0 Å². The molecule has 0 fully saturated rings. The minimum atomic E-state index is 0.520. The molecule has 116 valence electrons. The fraction of sp³-hybridized carbons (Fsp3) is 1.00. The SMILES string of the molecule is CCCCSCC(CCCS)(CCCS)CCCS. The standard InChI is InChI=1S/C15H32S4/c1-2-3-13-19-14-15(7-4-10-16,8-5-11-17)9-6-12-18/h16-18H,2-14H2,1H3. The minimum absolute atomic E-state index is 0.520. The van der Waals surface area contributed by atoms with E-state index in [1.807, 2.05) is 0 Å². The molecule has 0 aliphatic heterocycles. The van der Waals surface area contributed by atoms with Crippen LogP contribution in [0.3, 0.4) is 0 Å². The van der Waals surface area contributed by atoms with E-state index in [4.69, 9.17) is 0 Å². The van der Waals surface area contributed by atoms with Crippen molar-refractivity contribution in [1.29, 1.82) is 0 Å². The molecule has 0 aromatic carbocycles. The molecule has 0 nitrogen and oxygen atoms in total. The monoisotopic (exact) mass is 340 g/mol. The summed E-state index contributed by atoms with van der Waals surface area (Å²) in [6, 6.07) is 0. The first-order valence-corrected chi connectivity index (χ1v) is 10.7. The van der Waals surface area contributed by atoms with Gasteiger partial charge in [0.25, 0.3) is 0 Å². The first-order chi connectivity index (χ1) is 9.24. The molecule has 0 aromatic heterocycles. The highest BCUT2D eigenvalue weighted by molar-refractivity contribution is 7.99. The molecule has 0 saturated carbocycles. The molecule has 0 spiro atoms. The minimum Gasteiger partial charge on any atom is -0.179 e. The van der Waals surface area contributed by atoms with Crippen LogP contribution >= 0.6 is 49.6 Å². The van der Waals surface area contributed by atoms with Crippen LogP contribution in [-0.2, 0) is 0 Å². The molecule has 0 N–H and O–H groups in total. The lowest BCUT2D eigenvalue weighted by Gasteiger charge is -2.34. The van der Waals surface area contributed by atoms with E-state index in [-0.39, 0.29) is 0 Å². The zero-order chi connectivity index (χ0) is 14.4. The lowest BCUT2D eigenvalue weighted by molar-refractivity contribution is 0.252.